The third kappa shape index (κ3) is 3.69. The smallest absolute Gasteiger partial charge is 0.132 e. The largest absolute Gasteiger partial charge is 0.350 e. The quantitative estimate of drug-likeness (QED) is 0.289. The molecule has 3 heteroatoms. The summed E-state index contributed by atoms with van der Waals surface area (Å²) in [6, 6.07) is 36.7. The van der Waals surface area contributed by atoms with Gasteiger partial charge in [-0.05, 0) is 70.8 Å². The van der Waals surface area contributed by atoms with E-state index in [4.69, 9.17) is 4.99 Å². The third-order valence-electron chi connectivity index (χ3n) is 7.41. The van der Waals surface area contributed by atoms with Gasteiger partial charge in [0.05, 0.1) is 0 Å². The summed E-state index contributed by atoms with van der Waals surface area (Å²) in [6.45, 7) is 4.48. The van der Waals surface area contributed by atoms with Crippen LogP contribution in [0, 0.1) is 13.8 Å². The van der Waals surface area contributed by atoms with E-state index >= 15 is 0 Å². The molecule has 35 heavy (non-hydrogen) atoms. The van der Waals surface area contributed by atoms with E-state index < -0.39 is 0 Å². The molecule has 172 valence electrons. The van der Waals surface area contributed by atoms with E-state index in [1.54, 1.807) is 0 Å². The normalized spacial score (nSPS) is 18.4. The highest BCUT2D eigenvalue weighted by molar-refractivity contribution is 6.10. The molecule has 1 aliphatic rings. The van der Waals surface area contributed by atoms with Crippen molar-refractivity contribution in [2.24, 2.45) is 4.99 Å². The first kappa shape index (κ1) is 21.6. The molecule has 0 aliphatic carbocycles. The Labute approximate surface area is 206 Å². The molecule has 1 N–H and O–H groups in total. The maximum Gasteiger partial charge on any atom is 0.132 e. The predicted molar refractivity (Wildman–Crippen MR) is 147 cm³/mol. The summed E-state index contributed by atoms with van der Waals surface area (Å²) in [7, 11) is 2.16. The number of hydrogen-bond donors (Lipinski definition) is 1. The van der Waals surface area contributed by atoms with Crippen LogP contribution < -0.4 is 5.32 Å². The van der Waals surface area contributed by atoms with Crippen LogP contribution in [0.2, 0.25) is 0 Å². The second-order valence-electron chi connectivity index (χ2n) is 9.44. The summed E-state index contributed by atoms with van der Waals surface area (Å²) in [4.78, 5) is 7.56. The van der Waals surface area contributed by atoms with Crippen LogP contribution >= 0.6 is 0 Å². The van der Waals surface area contributed by atoms with E-state index in [1.165, 1.54) is 43.8 Å². The Bertz CT molecular complexity index is 1550. The summed E-state index contributed by atoms with van der Waals surface area (Å²) in [5.74, 6) is 0.925. The number of aliphatic imine (C=N–C) groups is 1. The van der Waals surface area contributed by atoms with Gasteiger partial charge < -0.3 is 5.32 Å². The molecule has 6 rings (SSSR count). The van der Waals surface area contributed by atoms with Crippen molar-refractivity contribution < 1.29 is 0 Å². The summed E-state index contributed by atoms with van der Waals surface area (Å²) >= 11 is 0. The van der Waals surface area contributed by atoms with Crippen LogP contribution in [0.15, 0.2) is 108 Å². The average Bonchev–Trinajstić information content (AvgIpc) is 2.92. The molecular weight excluding hydrogens is 426 g/mol. The van der Waals surface area contributed by atoms with Crippen LogP contribution in [-0.4, -0.2) is 17.8 Å². The van der Waals surface area contributed by atoms with Gasteiger partial charge in [-0.25, -0.2) is 4.99 Å². The van der Waals surface area contributed by atoms with E-state index in [2.05, 4.69) is 128 Å². The van der Waals surface area contributed by atoms with Gasteiger partial charge in [0.25, 0.3) is 0 Å². The van der Waals surface area contributed by atoms with Crippen molar-refractivity contribution in [3.05, 3.63) is 131 Å². The fourth-order valence-corrected chi connectivity index (χ4v) is 5.36. The van der Waals surface area contributed by atoms with Gasteiger partial charge in [-0.15, -0.1) is 0 Å². The molecule has 0 spiro atoms. The second-order valence-corrected chi connectivity index (χ2v) is 9.44. The van der Waals surface area contributed by atoms with Crippen molar-refractivity contribution in [1.82, 2.24) is 10.2 Å². The first-order valence-electron chi connectivity index (χ1n) is 12.2. The lowest BCUT2D eigenvalue weighted by Gasteiger charge is -2.39. The minimum atomic E-state index is -0.104. The minimum absolute atomic E-state index is 0.0176. The fraction of sp³-hybridized carbons (Fsp3) is 0.156. The Balaban J connectivity index is 1.53. The number of benzene rings is 5. The van der Waals surface area contributed by atoms with Gasteiger partial charge >= 0.3 is 0 Å². The number of hydrogen-bond acceptors (Lipinski definition) is 3. The molecule has 0 amide bonds. The highest BCUT2D eigenvalue weighted by Gasteiger charge is 2.31. The zero-order valence-electron chi connectivity index (χ0n) is 20.4. The van der Waals surface area contributed by atoms with Gasteiger partial charge in [-0.2, -0.15) is 0 Å². The Morgan fingerprint density at radius 1 is 0.629 bits per heavy atom. The maximum atomic E-state index is 5.23. The van der Waals surface area contributed by atoms with Crippen LogP contribution in [0.1, 0.15) is 40.1 Å². The van der Waals surface area contributed by atoms with Crippen LogP contribution in [-0.2, 0) is 0 Å². The summed E-state index contributed by atoms with van der Waals surface area (Å²) in [6.07, 6.45) is -0.0868. The van der Waals surface area contributed by atoms with Gasteiger partial charge in [-0.3, -0.25) is 4.90 Å². The molecule has 2 atom stereocenters. The van der Waals surface area contributed by atoms with Crippen LogP contribution in [0.3, 0.4) is 0 Å². The van der Waals surface area contributed by atoms with Crippen LogP contribution in [0.25, 0.3) is 21.5 Å². The molecule has 5 aromatic carbocycles. The van der Waals surface area contributed by atoms with Gasteiger partial charge in [0, 0.05) is 5.56 Å². The van der Waals surface area contributed by atoms with Crippen molar-refractivity contribution >= 4 is 27.4 Å². The van der Waals surface area contributed by atoms with Crippen molar-refractivity contribution in [2.75, 3.05) is 7.05 Å². The number of fused-ring (bicyclic) bond motifs is 3. The standard InChI is InChI=1S/C32H29N3/c1-21-22(2)29-20-25(18-19-28(29)27-17-11-10-16-26(21)27)32-34-30(23-12-6-4-7-13-23)33-31(35(32)3)24-14-8-5-9-15-24/h4-20,31-32H,1-3H3,(H,33,34). The topological polar surface area (TPSA) is 27.6 Å². The maximum absolute atomic E-state index is 5.23. The number of rotatable bonds is 3. The summed E-state index contributed by atoms with van der Waals surface area (Å²) in [5, 5.41) is 8.94. The number of amidine groups is 1. The molecule has 0 saturated heterocycles. The first-order valence-corrected chi connectivity index (χ1v) is 12.2. The monoisotopic (exact) mass is 455 g/mol. The summed E-state index contributed by atoms with van der Waals surface area (Å²) in [5.41, 5.74) is 6.21. The molecule has 5 aromatic rings. The van der Waals surface area contributed by atoms with Crippen LogP contribution in [0.4, 0.5) is 0 Å². The van der Waals surface area contributed by atoms with E-state index in [0.717, 1.165) is 11.4 Å². The molecule has 3 nitrogen and oxygen atoms in total. The van der Waals surface area contributed by atoms with Crippen molar-refractivity contribution in [1.29, 1.82) is 0 Å². The predicted octanol–water partition coefficient (Wildman–Crippen LogP) is 7.29. The van der Waals surface area contributed by atoms with Gasteiger partial charge in [0.2, 0.25) is 0 Å². The van der Waals surface area contributed by atoms with E-state index in [9.17, 15) is 0 Å². The minimum Gasteiger partial charge on any atom is -0.350 e. The average molecular weight is 456 g/mol. The van der Waals surface area contributed by atoms with E-state index in [-0.39, 0.29) is 12.3 Å². The molecule has 1 heterocycles. The van der Waals surface area contributed by atoms with E-state index in [1.807, 2.05) is 6.07 Å². The van der Waals surface area contributed by atoms with Crippen LogP contribution in [0.5, 0.6) is 0 Å². The van der Waals surface area contributed by atoms with Gasteiger partial charge in [0.15, 0.2) is 0 Å². The number of nitrogens with zero attached hydrogens (tertiary/aromatic N) is 2. The Hall–Kier alpha value is -3.95. The zero-order valence-corrected chi connectivity index (χ0v) is 20.4. The lowest BCUT2D eigenvalue weighted by Crippen LogP contribution is -2.45. The Morgan fingerprint density at radius 3 is 1.97 bits per heavy atom. The molecular formula is C32H29N3. The molecule has 1 aliphatic heterocycles. The number of nitrogens with one attached hydrogen (secondary N) is 1. The lowest BCUT2D eigenvalue weighted by atomic mass is 9.91. The molecule has 0 saturated carbocycles. The molecule has 0 fully saturated rings. The Kier molecular flexibility index (Phi) is 5.35. The third-order valence-corrected chi connectivity index (χ3v) is 7.41. The molecule has 2 unspecified atom stereocenters. The SMILES string of the molecule is Cc1c(C)c2cc(C3N=C(c4ccccc4)NC(c4ccccc4)N3C)ccc2c2ccccc12. The van der Waals surface area contributed by atoms with Crippen molar-refractivity contribution in [2.45, 2.75) is 26.2 Å². The fourth-order valence-electron chi connectivity index (χ4n) is 5.36. The van der Waals surface area contributed by atoms with Crippen molar-refractivity contribution in [3.63, 3.8) is 0 Å². The lowest BCUT2D eigenvalue weighted by molar-refractivity contribution is 0.152. The molecule has 0 bridgehead atoms. The molecule has 0 aromatic heterocycles. The highest BCUT2D eigenvalue weighted by Crippen LogP contribution is 2.37. The van der Waals surface area contributed by atoms with Gasteiger partial charge in [-0.1, -0.05) is 97.1 Å². The zero-order chi connectivity index (χ0) is 23.9. The van der Waals surface area contributed by atoms with Crippen molar-refractivity contribution in [3.8, 4) is 0 Å². The second kappa shape index (κ2) is 8.68. The first-order chi connectivity index (χ1) is 17.1. The Morgan fingerprint density at radius 2 is 1.23 bits per heavy atom. The number of aryl methyl sites for hydroxylation is 2. The summed E-state index contributed by atoms with van der Waals surface area (Å²) < 4.78 is 0. The highest BCUT2D eigenvalue weighted by atomic mass is 15.4. The molecule has 0 radical (unpaired) electrons. The van der Waals surface area contributed by atoms with E-state index in [0.29, 0.717) is 0 Å². The van der Waals surface area contributed by atoms with Gasteiger partial charge in [0.1, 0.15) is 18.2 Å².